The Morgan fingerprint density at radius 2 is 2.04 bits per heavy atom. The van der Waals surface area contributed by atoms with Gasteiger partial charge >= 0.3 is 6.09 Å². The Labute approximate surface area is 146 Å². The van der Waals surface area contributed by atoms with E-state index >= 15 is 0 Å². The standard InChI is InChI=1S/C18H23N3O2S/c1-18(2,3)21(16-19-9-12-24-16)17(22)23-15-8-6-7-14(13-15)20-10-4-5-11-20/h6-9,12-13H,4-5,10-11H2,1-3H3. The number of benzene rings is 1. The minimum absolute atomic E-state index is 0.406. The lowest BCUT2D eigenvalue weighted by Crippen LogP contribution is -2.47. The number of carbonyl (C=O) groups excluding carboxylic acids is 1. The van der Waals surface area contributed by atoms with Crippen LogP contribution in [-0.2, 0) is 0 Å². The molecule has 1 aliphatic heterocycles. The maximum atomic E-state index is 12.7. The summed E-state index contributed by atoms with van der Waals surface area (Å²) in [6.45, 7) is 8.03. The first kappa shape index (κ1) is 16.8. The van der Waals surface area contributed by atoms with Crippen molar-refractivity contribution in [2.24, 2.45) is 0 Å². The van der Waals surface area contributed by atoms with Crippen molar-refractivity contribution < 1.29 is 9.53 Å². The Morgan fingerprint density at radius 3 is 2.67 bits per heavy atom. The number of nitrogens with zero attached hydrogens (tertiary/aromatic N) is 3. The van der Waals surface area contributed by atoms with Gasteiger partial charge < -0.3 is 9.64 Å². The Balaban J connectivity index is 1.79. The minimum atomic E-state index is -0.415. The van der Waals surface area contributed by atoms with Crippen LogP contribution < -0.4 is 14.5 Å². The van der Waals surface area contributed by atoms with Gasteiger partial charge in [-0.05, 0) is 45.7 Å². The van der Waals surface area contributed by atoms with E-state index in [9.17, 15) is 4.79 Å². The fraction of sp³-hybridized carbons (Fsp3) is 0.444. The van der Waals surface area contributed by atoms with Crippen LogP contribution in [0.2, 0.25) is 0 Å². The van der Waals surface area contributed by atoms with Gasteiger partial charge in [-0.3, -0.25) is 0 Å². The molecule has 2 heterocycles. The van der Waals surface area contributed by atoms with Crippen molar-refractivity contribution in [3.63, 3.8) is 0 Å². The minimum Gasteiger partial charge on any atom is -0.410 e. The van der Waals surface area contributed by atoms with E-state index < -0.39 is 11.6 Å². The van der Waals surface area contributed by atoms with E-state index in [0.717, 1.165) is 18.8 Å². The van der Waals surface area contributed by atoms with Crippen LogP contribution in [0.3, 0.4) is 0 Å². The highest BCUT2D eigenvalue weighted by Crippen LogP contribution is 2.29. The molecule has 1 aromatic carbocycles. The van der Waals surface area contributed by atoms with Crippen molar-refractivity contribution >= 4 is 28.2 Å². The van der Waals surface area contributed by atoms with E-state index in [2.05, 4.69) is 16.0 Å². The van der Waals surface area contributed by atoms with Gasteiger partial charge in [-0.25, -0.2) is 14.7 Å². The van der Waals surface area contributed by atoms with Gasteiger partial charge in [0.25, 0.3) is 0 Å². The molecule has 6 heteroatoms. The Bertz CT molecular complexity index is 689. The Morgan fingerprint density at radius 1 is 1.29 bits per heavy atom. The van der Waals surface area contributed by atoms with Crippen molar-refractivity contribution in [1.29, 1.82) is 0 Å². The molecule has 2 aromatic rings. The zero-order valence-electron chi connectivity index (χ0n) is 14.4. The summed E-state index contributed by atoms with van der Waals surface area (Å²) in [7, 11) is 0. The molecule has 0 saturated carbocycles. The second-order valence-corrected chi connectivity index (χ2v) is 7.75. The number of ether oxygens (including phenoxy) is 1. The summed E-state index contributed by atoms with van der Waals surface area (Å²) in [5, 5.41) is 2.50. The first-order valence-electron chi connectivity index (χ1n) is 8.22. The molecule has 0 atom stereocenters. The first-order chi connectivity index (χ1) is 11.4. The van der Waals surface area contributed by atoms with Crippen LogP contribution in [0, 0.1) is 0 Å². The zero-order valence-corrected chi connectivity index (χ0v) is 15.2. The summed E-state index contributed by atoms with van der Waals surface area (Å²) in [6.07, 6.45) is 3.72. The van der Waals surface area contributed by atoms with Crippen LogP contribution in [0.15, 0.2) is 35.8 Å². The maximum absolute atomic E-state index is 12.7. The summed E-state index contributed by atoms with van der Waals surface area (Å²) in [4.78, 5) is 20.9. The number of hydrogen-bond acceptors (Lipinski definition) is 5. The number of amides is 1. The van der Waals surface area contributed by atoms with Crippen molar-refractivity contribution in [2.45, 2.75) is 39.2 Å². The zero-order chi connectivity index (χ0) is 17.2. The molecule has 1 aromatic heterocycles. The maximum Gasteiger partial charge on any atom is 0.422 e. The molecule has 3 rings (SSSR count). The molecule has 0 aliphatic carbocycles. The van der Waals surface area contributed by atoms with Crippen LogP contribution in [0.5, 0.6) is 5.75 Å². The molecule has 24 heavy (non-hydrogen) atoms. The molecular formula is C18H23N3O2S. The monoisotopic (exact) mass is 345 g/mol. The smallest absolute Gasteiger partial charge is 0.410 e. The van der Waals surface area contributed by atoms with Crippen molar-refractivity contribution in [3.05, 3.63) is 35.8 Å². The van der Waals surface area contributed by atoms with Crippen LogP contribution in [0.1, 0.15) is 33.6 Å². The lowest BCUT2D eigenvalue weighted by atomic mass is 10.1. The molecule has 1 amide bonds. The molecule has 5 nitrogen and oxygen atoms in total. The van der Waals surface area contributed by atoms with E-state index in [1.807, 2.05) is 44.4 Å². The van der Waals surface area contributed by atoms with Gasteiger partial charge in [-0.15, -0.1) is 11.3 Å². The average molecular weight is 345 g/mol. The fourth-order valence-corrected chi connectivity index (χ4v) is 3.65. The van der Waals surface area contributed by atoms with Crippen molar-refractivity contribution in [1.82, 2.24) is 4.98 Å². The number of hydrogen-bond donors (Lipinski definition) is 0. The van der Waals surface area contributed by atoms with Gasteiger partial charge in [0, 0.05) is 42.0 Å². The lowest BCUT2D eigenvalue weighted by molar-refractivity contribution is 0.201. The Kier molecular flexibility index (Phi) is 4.76. The molecular weight excluding hydrogens is 322 g/mol. The summed E-state index contributed by atoms with van der Waals surface area (Å²) < 4.78 is 5.65. The van der Waals surface area contributed by atoms with Crippen LogP contribution >= 0.6 is 11.3 Å². The molecule has 1 fully saturated rings. The third-order valence-electron chi connectivity index (χ3n) is 3.96. The van der Waals surface area contributed by atoms with Gasteiger partial charge in [0.1, 0.15) is 5.75 Å². The number of carbonyl (C=O) groups is 1. The first-order valence-corrected chi connectivity index (χ1v) is 9.10. The molecule has 128 valence electrons. The number of anilines is 2. The lowest BCUT2D eigenvalue weighted by Gasteiger charge is -2.32. The van der Waals surface area contributed by atoms with Crippen LogP contribution in [0.4, 0.5) is 15.6 Å². The van der Waals surface area contributed by atoms with E-state index in [1.54, 1.807) is 11.1 Å². The van der Waals surface area contributed by atoms with Gasteiger partial charge in [0.05, 0.1) is 0 Å². The van der Waals surface area contributed by atoms with E-state index in [0.29, 0.717) is 10.9 Å². The predicted octanol–water partition coefficient (Wildman–Crippen LogP) is 4.55. The molecule has 0 bridgehead atoms. The fourth-order valence-electron chi connectivity index (χ4n) is 2.83. The molecule has 1 aliphatic rings. The highest BCUT2D eigenvalue weighted by atomic mass is 32.1. The van der Waals surface area contributed by atoms with E-state index in [-0.39, 0.29) is 0 Å². The Hall–Kier alpha value is -2.08. The van der Waals surface area contributed by atoms with E-state index in [4.69, 9.17) is 4.74 Å². The van der Waals surface area contributed by atoms with Gasteiger partial charge in [-0.1, -0.05) is 6.07 Å². The SMILES string of the molecule is CC(C)(C)N(C(=O)Oc1cccc(N2CCCC2)c1)c1nccs1. The van der Waals surface area contributed by atoms with Crippen molar-refractivity contribution in [3.8, 4) is 5.75 Å². The largest absolute Gasteiger partial charge is 0.422 e. The van der Waals surface area contributed by atoms with Crippen LogP contribution in [-0.4, -0.2) is 29.7 Å². The van der Waals surface area contributed by atoms with Gasteiger partial charge in [-0.2, -0.15) is 0 Å². The van der Waals surface area contributed by atoms with Gasteiger partial charge in [0.15, 0.2) is 5.13 Å². The molecule has 0 spiro atoms. The summed E-state index contributed by atoms with van der Waals surface area (Å²) in [6, 6.07) is 7.75. The summed E-state index contributed by atoms with van der Waals surface area (Å²) in [5.41, 5.74) is 0.691. The second kappa shape index (κ2) is 6.81. The number of thiazole rings is 1. The van der Waals surface area contributed by atoms with Crippen LogP contribution in [0.25, 0.3) is 0 Å². The molecule has 0 unspecified atom stereocenters. The summed E-state index contributed by atoms with van der Waals surface area (Å²) >= 11 is 1.43. The highest BCUT2D eigenvalue weighted by molar-refractivity contribution is 7.13. The average Bonchev–Trinajstić information content (AvgIpc) is 3.19. The third kappa shape index (κ3) is 3.70. The third-order valence-corrected chi connectivity index (χ3v) is 4.71. The quantitative estimate of drug-likeness (QED) is 0.819. The molecule has 1 saturated heterocycles. The second-order valence-electron chi connectivity index (χ2n) is 6.88. The molecule has 0 N–H and O–H groups in total. The summed E-state index contributed by atoms with van der Waals surface area (Å²) in [5.74, 6) is 0.565. The molecule has 0 radical (unpaired) electrons. The highest BCUT2D eigenvalue weighted by Gasteiger charge is 2.31. The topological polar surface area (TPSA) is 45.7 Å². The number of rotatable bonds is 3. The predicted molar refractivity (Wildman–Crippen MR) is 98.3 cm³/mol. The van der Waals surface area contributed by atoms with Crippen molar-refractivity contribution in [2.75, 3.05) is 22.9 Å². The number of aromatic nitrogens is 1. The van der Waals surface area contributed by atoms with E-state index in [1.165, 1.54) is 24.2 Å². The van der Waals surface area contributed by atoms with Gasteiger partial charge in [0.2, 0.25) is 0 Å². The normalized spacial score (nSPS) is 14.7.